The molecule has 0 spiro atoms. The summed E-state index contributed by atoms with van der Waals surface area (Å²) in [5, 5.41) is 3.07. The van der Waals surface area contributed by atoms with Crippen LogP contribution in [0.15, 0.2) is 22.7 Å². The van der Waals surface area contributed by atoms with Crippen molar-refractivity contribution >= 4 is 21.7 Å². The van der Waals surface area contributed by atoms with E-state index in [-0.39, 0.29) is 17.4 Å². The molecule has 1 atom stereocenters. The van der Waals surface area contributed by atoms with Crippen molar-refractivity contribution in [3.05, 3.63) is 34.1 Å². The summed E-state index contributed by atoms with van der Waals surface area (Å²) < 4.78 is 14.1. The number of Topliss-reactive ketones (excluding diaryl/α,β-unsaturated/α-hetero) is 1. The molecule has 0 aromatic heterocycles. The Morgan fingerprint density at radius 2 is 2.33 bits per heavy atom. The molecule has 1 aliphatic rings. The fourth-order valence-electron chi connectivity index (χ4n) is 1.78. The van der Waals surface area contributed by atoms with Crippen molar-refractivity contribution in [2.75, 3.05) is 6.54 Å². The summed E-state index contributed by atoms with van der Waals surface area (Å²) in [4.78, 5) is 11.9. The van der Waals surface area contributed by atoms with Gasteiger partial charge in [0.2, 0.25) is 0 Å². The topological polar surface area (TPSA) is 29.1 Å². The number of benzene rings is 1. The molecule has 2 rings (SSSR count). The zero-order valence-corrected chi connectivity index (χ0v) is 9.68. The summed E-state index contributed by atoms with van der Waals surface area (Å²) in [6, 6.07) is 4.23. The van der Waals surface area contributed by atoms with Gasteiger partial charge in [-0.15, -0.1) is 0 Å². The highest BCUT2D eigenvalue weighted by molar-refractivity contribution is 9.10. The lowest BCUT2D eigenvalue weighted by Crippen LogP contribution is -2.31. The van der Waals surface area contributed by atoms with E-state index >= 15 is 0 Å². The van der Waals surface area contributed by atoms with Crippen LogP contribution in [0.5, 0.6) is 0 Å². The maximum atomic E-state index is 13.4. The van der Waals surface area contributed by atoms with Crippen molar-refractivity contribution in [2.24, 2.45) is 0 Å². The first kappa shape index (κ1) is 10.8. The van der Waals surface area contributed by atoms with Crippen LogP contribution in [0, 0.1) is 5.82 Å². The van der Waals surface area contributed by atoms with Gasteiger partial charge in [-0.3, -0.25) is 4.79 Å². The van der Waals surface area contributed by atoms with Crippen molar-refractivity contribution < 1.29 is 9.18 Å². The molecule has 1 fully saturated rings. The van der Waals surface area contributed by atoms with Crippen LogP contribution >= 0.6 is 15.9 Å². The van der Waals surface area contributed by atoms with Crippen LogP contribution in [0.4, 0.5) is 4.39 Å². The largest absolute Gasteiger partial charge is 0.307 e. The Kier molecular flexibility index (Phi) is 3.17. The van der Waals surface area contributed by atoms with Crippen LogP contribution in [-0.4, -0.2) is 18.4 Å². The van der Waals surface area contributed by atoms with Gasteiger partial charge in [0.25, 0.3) is 0 Å². The molecule has 4 heteroatoms. The molecule has 0 bridgehead atoms. The molecule has 80 valence electrons. The lowest BCUT2D eigenvalue weighted by atomic mass is 10.0. The number of hydrogen-bond donors (Lipinski definition) is 1. The first-order chi connectivity index (χ1) is 7.18. The summed E-state index contributed by atoms with van der Waals surface area (Å²) in [6.45, 7) is 0.839. The lowest BCUT2D eigenvalue weighted by molar-refractivity contribution is 0.0948. The minimum absolute atomic E-state index is 0.147. The van der Waals surface area contributed by atoms with Crippen LogP contribution in [0.25, 0.3) is 0 Å². The monoisotopic (exact) mass is 271 g/mol. The van der Waals surface area contributed by atoms with Crippen LogP contribution < -0.4 is 5.32 Å². The first-order valence-corrected chi connectivity index (χ1v) is 5.70. The molecule has 1 unspecified atom stereocenters. The summed E-state index contributed by atoms with van der Waals surface area (Å²) in [5.74, 6) is -0.594. The normalized spacial score (nSPS) is 20.5. The van der Waals surface area contributed by atoms with E-state index in [0.717, 1.165) is 23.9 Å². The van der Waals surface area contributed by atoms with E-state index in [0.29, 0.717) is 0 Å². The first-order valence-electron chi connectivity index (χ1n) is 4.91. The third-order valence-electron chi connectivity index (χ3n) is 2.57. The third-order valence-corrected chi connectivity index (χ3v) is 3.06. The summed E-state index contributed by atoms with van der Waals surface area (Å²) in [7, 11) is 0. The molecule has 1 aliphatic heterocycles. The van der Waals surface area contributed by atoms with Crippen molar-refractivity contribution in [3.63, 3.8) is 0 Å². The molecule has 1 aromatic carbocycles. The van der Waals surface area contributed by atoms with E-state index in [9.17, 15) is 9.18 Å². The van der Waals surface area contributed by atoms with Gasteiger partial charge >= 0.3 is 0 Å². The Bertz CT molecular complexity index is 388. The van der Waals surface area contributed by atoms with Gasteiger partial charge in [0.15, 0.2) is 5.78 Å². The average molecular weight is 272 g/mol. The van der Waals surface area contributed by atoms with Crippen LogP contribution in [0.2, 0.25) is 0 Å². The quantitative estimate of drug-likeness (QED) is 0.838. The number of rotatable bonds is 2. The molecular weight excluding hydrogens is 261 g/mol. The van der Waals surface area contributed by atoms with E-state index in [1.165, 1.54) is 12.1 Å². The lowest BCUT2D eigenvalue weighted by Gasteiger charge is -2.09. The van der Waals surface area contributed by atoms with Gasteiger partial charge in [-0.2, -0.15) is 0 Å². The second-order valence-corrected chi connectivity index (χ2v) is 4.55. The smallest absolute Gasteiger partial charge is 0.182 e. The molecule has 0 amide bonds. The van der Waals surface area contributed by atoms with Crippen LogP contribution in [0.1, 0.15) is 23.2 Å². The standard InChI is InChI=1S/C11H11BrFNO/c12-7-3-4-9(13)8(6-7)11(15)10-2-1-5-14-10/h3-4,6,10,14H,1-2,5H2. The molecule has 0 saturated carbocycles. The average Bonchev–Trinajstić information content (AvgIpc) is 2.74. The van der Waals surface area contributed by atoms with Gasteiger partial charge < -0.3 is 5.32 Å². The highest BCUT2D eigenvalue weighted by Crippen LogP contribution is 2.19. The number of halogens is 2. The van der Waals surface area contributed by atoms with Gasteiger partial charge in [0, 0.05) is 4.47 Å². The Morgan fingerprint density at radius 3 is 3.00 bits per heavy atom. The van der Waals surface area contributed by atoms with E-state index in [1.54, 1.807) is 6.07 Å². The van der Waals surface area contributed by atoms with Crippen molar-refractivity contribution in [2.45, 2.75) is 18.9 Å². The molecule has 1 aromatic rings. The van der Waals surface area contributed by atoms with Crippen LogP contribution in [-0.2, 0) is 0 Å². The molecule has 2 nitrogen and oxygen atoms in total. The fourth-order valence-corrected chi connectivity index (χ4v) is 2.14. The number of carbonyl (C=O) groups excluding carboxylic acids is 1. The van der Waals surface area contributed by atoms with Gasteiger partial charge in [-0.25, -0.2) is 4.39 Å². The summed E-state index contributed by atoms with van der Waals surface area (Å²) in [5.41, 5.74) is 0.170. The molecular formula is C11H11BrFNO. The number of carbonyl (C=O) groups is 1. The predicted molar refractivity (Wildman–Crippen MR) is 59.5 cm³/mol. The SMILES string of the molecule is O=C(c1cc(Br)ccc1F)C1CCCN1. The van der Waals surface area contributed by atoms with Gasteiger partial charge in [0.05, 0.1) is 11.6 Å². The van der Waals surface area contributed by atoms with Crippen LogP contribution in [0.3, 0.4) is 0 Å². The molecule has 1 N–H and O–H groups in total. The third kappa shape index (κ3) is 2.26. The molecule has 1 saturated heterocycles. The maximum absolute atomic E-state index is 13.4. The Hall–Kier alpha value is -0.740. The number of hydrogen-bond acceptors (Lipinski definition) is 2. The minimum Gasteiger partial charge on any atom is -0.307 e. The predicted octanol–water partition coefficient (Wildman–Crippen LogP) is 2.52. The summed E-state index contributed by atoms with van der Waals surface area (Å²) in [6.07, 6.45) is 1.77. The Morgan fingerprint density at radius 1 is 1.53 bits per heavy atom. The molecule has 0 radical (unpaired) electrons. The highest BCUT2D eigenvalue weighted by Gasteiger charge is 2.25. The van der Waals surface area contributed by atoms with E-state index < -0.39 is 5.82 Å². The Balaban J connectivity index is 2.27. The number of nitrogens with one attached hydrogen (secondary N) is 1. The second-order valence-electron chi connectivity index (χ2n) is 3.64. The van der Waals surface area contributed by atoms with E-state index in [2.05, 4.69) is 21.2 Å². The Labute approximate surface area is 96.0 Å². The summed E-state index contributed by atoms with van der Waals surface area (Å²) >= 11 is 3.23. The molecule has 15 heavy (non-hydrogen) atoms. The molecule has 0 aliphatic carbocycles. The van der Waals surface area contributed by atoms with E-state index in [4.69, 9.17) is 0 Å². The zero-order valence-electron chi connectivity index (χ0n) is 8.09. The van der Waals surface area contributed by atoms with Gasteiger partial charge in [-0.1, -0.05) is 15.9 Å². The second kappa shape index (κ2) is 4.41. The van der Waals surface area contributed by atoms with Gasteiger partial charge in [-0.05, 0) is 37.6 Å². The maximum Gasteiger partial charge on any atom is 0.182 e. The van der Waals surface area contributed by atoms with Crippen molar-refractivity contribution in [3.8, 4) is 0 Å². The zero-order chi connectivity index (χ0) is 10.8. The van der Waals surface area contributed by atoms with Gasteiger partial charge in [0.1, 0.15) is 5.82 Å². The minimum atomic E-state index is -0.447. The highest BCUT2D eigenvalue weighted by atomic mass is 79.9. The fraction of sp³-hybridized carbons (Fsp3) is 0.364. The van der Waals surface area contributed by atoms with E-state index in [1.807, 2.05) is 0 Å². The molecule has 1 heterocycles. The van der Waals surface area contributed by atoms with Crippen molar-refractivity contribution in [1.82, 2.24) is 5.32 Å². The van der Waals surface area contributed by atoms with Crippen molar-refractivity contribution in [1.29, 1.82) is 0 Å². The number of ketones is 1.